The van der Waals surface area contributed by atoms with E-state index in [1.54, 1.807) is 18.2 Å². The molecule has 1 saturated carbocycles. The average molecular weight is 282 g/mol. The van der Waals surface area contributed by atoms with Gasteiger partial charge in [-0.25, -0.2) is 13.1 Å². The van der Waals surface area contributed by atoms with Gasteiger partial charge in [-0.2, -0.15) is 0 Å². The minimum atomic E-state index is -3.39. The molecule has 1 aliphatic carbocycles. The molecule has 1 aromatic carbocycles. The SMILES string of the molecule is CNCc1cccc(S(=O)(=O)NCC2(C)CCC2)c1. The summed E-state index contributed by atoms with van der Waals surface area (Å²) in [5.74, 6) is 0. The molecule has 1 aliphatic rings. The molecule has 0 aromatic heterocycles. The molecule has 2 N–H and O–H groups in total. The van der Waals surface area contributed by atoms with Gasteiger partial charge in [-0.05, 0) is 43.0 Å². The Kier molecular flexibility index (Phi) is 4.28. The van der Waals surface area contributed by atoms with Crippen molar-refractivity contribution < 1.29 is 8.42 Å². The van der Waals surface area contributed by atoms with Gasteiger partial charge in [0, 0.05) is 13.1 Å². The van der Waals surface area contributed by atoms with Gasteiger partial charge < -0.3 is 5.32 Å². The van der Waals surface area contributed by atoms with Gasteiger partial charge in [-0.15, -0.1) is 0 Å². The molecular formula is C14H22N2O2S. The van der Waals surface area contributed by atoms with Crippen molar-refractivity contribution in [3.8, 4) is 0 Å². The Morgan fingerprint density at radius 3 is 2.63 bits per heavy atom. The van der Waals surface area contributed by atoms with Crippen LogP contribution in [-0.2, 0) is 16.6 Å². The van der Waals surface area contributed by atoms with Gasteiger partial charge in [0.05, 0.1) is 4.90 Å². The Labute approximate surface area is 115 Å². The fourth-order valence-corrected chi connectivity index (χ4v) is 3.61. The van der Waals surface area contributed by atoms with Gasteiger partial charge in [0.2, 0.25) is 10.0 Å². The molecule has 0 atom stereocenters. The smallest absolute Gasteiger partial charge is 0.240 e. The van der Waals surface area contributed by atoms with Crippen molar-refractivity contribution in [3.05, 3.63) is 29.8 Å². The zero-order chi connectivity index (χ0) is 13.9. The highest BCUT2D eigenvalue weighted by Crippen LogP contribution is 2.39. The lowest BCUT2D eigenvalue weighted by molar-refractivity contribution is 0.166. The summed E-state index contributed by atoms with van der Waals surface area (Å²) in [4.78, 5) is 0.350. The first kappa shape index (κ1) is 14.5. The van der Waals surface area contributed by atoms with Crippen molar-refractivity contribution in [1.29, 1.82) is 0 Å². The minimum absolute atomic E-state index is 0.148. The summed E-state index contributed by atoms with van der Waals surface area (Å²) in [6.45, 7) is 3.34. The molecule has 0 saturated heterocycles. The van der Waals surface area contributed by atoms with Crippen LogP contribution < -0.4 is 10.0 Å². The molecule has 0 heterocycles. The normalized spacial score (nSPS) is 18.0. The van der Waals surface area contributed by atoms with E-state index >= 15 is 0 Å². The zero-order valence-corrected chi connectivity index (χ0v) is 12.4. The molecule has 1 aromatic rings. The maximum Gasteiger partial charge on any atom is 0.240 e. The fraction of sp³-hybridized carbons (Fsp3) is 0.571. The summed E-state index contributed by atoms with van der Waals surface area (Å²) < 4.78 is 27.2. The molecule has 106 valence electrons. The van der Waals surface area contributed by atoms with Crippen LogP contribution in [0.5, 0.6) is 0 Å². The summed E-state index contributed by atoms with van der Waals surface area (Å²) in [6.07, 6.45) is 3.42. The Bertz CT molecular complexity index is 536. The first-order chi connectivity index (χ1) is 8.95. The van der Waals surface area contributed by atoms with Crippen molar-refractivity contribution in [2.24, 2.45) is 5.41 Å². The fourth-order valence-electron chi connectivity index (χ4n) is 2.34. The van der Waals surface area contributed by atoms with Gasteiger partial charge in [-0.3, -0.25) is 0 Å². The monoisotopic (exact) mass is 282 g/mol. The molecule has 0 spiro atoms. The maximum absolute atomic E-state index is 12.2. The van der Waals surface area contributed by atoms with E-state index in [1.807, 2.05) is 13.1 Å². The molecule has 0 amide bonds. The van der Waals surface area contributed by atoms with Gasteiger partial charge in [-0.1, -0.05) is 25.5 Å². The van der Waals surface area contributed by atoms with Crippen LogP contribution >= 0.6 is 0 Å². The lowest BCUT2D eigenvalue weighted by Gasteiger charge is -2.38. The molecule has 19 heavy (non-hydrogen) atoms. The van der Waals surface area contributed by atoms with Gasteiger partial charge in [0.15, 0.2) is 0 Å². The molecule has 4 nitrogen and oxygen atoms in total. The summed E-state index contributed by atoms with van der Waals surface area (Å²) in [5.41, 5.74) is 1.12. The topological polar surface area (TPSA) is 58.2 Å². The highest BCUT2D eigenvalue weighted by atomic mass is 32.2. The molecule has 0 aliphatic heterocycles. The Morgan fingerprint density at radius 2 is 2.05 bits per heavy atom. The third kappa shape index (κ3) is 3.55. The number of rotatable bonds is 6. The largest absolute Gasteiger partial charge is 0.316 e. The van der Waals surface area contributed by atoms with E-state index in [4.69, 9.17) is 0 Å². The molecule has 0 bridgehead atoms. The lowest BCUT2D eigenvalue weighted by Crippen LogP contribution is -2.39. The van der Waals surface area contributed by atoms with Crippen LogP contribution in [0.25, 0.3) is 0 Å². The summed E-state index contributed by atoms with van der Waals surface area (Å²) in [6, 6.07) is 7.07. The summed E-state index contributed by atoms with van der Waals surface area (Å²) in [5, 5.41) is 3.02. The first-order valence-electron chi connectivity index (χ1n) is 6.68. The molecule has 0 unspecified atom stereocenters. The third-order valence-corrected chi connectivity index (χ3v) is 5.24. The number of hydrogen-bond donors (Lipinski definition) is 2. The second-order valence-electron chi connectivity index (χ2n) is 5.67. The van der Waals surface area contributed by atoms with E-state index in [0.717, 1.165) is 18.4 Å². The van der Waals surface area contributed by atoms with E-state index < -0.39 is 10.0 Å². The van der Waals surface area contributed by atoms with E-state index in [1.165, 1.54) is 6.42 Å². The standard InChI is InChI=1S/C14H22N2O2S/c1-14(7-4-8-14)11-16-19(17,18)13-6-3-5-12(9-13)10-15-2/h3,5-6,9,15-16H,4,7-8,10-11H2,1-2H3. The highest BCUT2D eigenvalue weighted by molar-refractivity contribution is 7.89. The van der Waals surface area contributed by atoms with E-state index in [-0.39, 0.29) is 5.41 Å². The third-order valence-electron chi connectivity index (χ3n) is 3.84. The Balaban J connectivity index is 2.08. The molecule has 5 heteroatoms. The quantitative estimate of drug-likeness (QED) is 0.837. The van der Waals surface area contributed by atoms with Gasteiger partial charge in [0.25, 0.3) is 0 Å². The van der Waals surface area contributed by atoms with Crippen molar-refractivity contribution >= 4 is 10.0 Å². The van der Waals surface area contributed by atoms with Crippen LogP contribution in [0.2, 0.25) is 0 Å². The minimum Gasteiger partial charge on any atom is -0.316 e. The van der Waals surface area contributed by atoms with Crippen molar-refractivity contribution in [2.45, 2.75) is 37.6 Å². The Hall–Kier alpha value is -0.910. The van der Waals surface area contributed by atoms with Crippen molar-refractivity contribution in [1.82, 2.24) is 10.0 Å². The van der Waals surface area contributed by atoms with Crippen molar-refractivity contribution in [2.75, 3.05) is 13.6 Å². The van der Waals surface area contributed by atoms with Crippen molar-refractivity contribution in [3.63, 3.8) is 0 Å². The number of benzene rings is 1. The lowest BCUT2D eigenvalue weighted by atomic mass is 9.71. The van der Waals surface area contributed by atoms with Gasteiger partial charge >= 0.3 is 0 Å². The van der Waals surface area contributed by atoms with E-state index in [0.29, 0.717) is 18.0 Å². The number of sulfonamides is 1. The van der Waals surface area contributed by atoms with E-state index in [2.05, 4.69) is 17.0 Å². The maximum atomic E-state index is 12.2. The van der Waals surface area contributed by atoms with E-state index in [9.17, 15) is 8.42 Å². The zero-order valence-electron chi connectivity index (χ0n) is 11.6. The first-order valence-corrected chi connectivity index (χ1v) is 8.17. The predicted molar refractivity (Wildman–Crippen MR) is 76.4 cm³/mol. The Morgan fingerprint density at radius 1 is 1.32 bits per heavy atom. The number of nitrogens with one attached hydrogen (secondary N) is 2. The van der Waals surface area contributed by atoms with Crippen LogP contribution in [-0.4, -0.2) is 22.0 Å². The summed E-state index contributed by atoms with van der Waals surface area (Å²) in [7, 11) is -1.54. The van der Waals surface area contributed by atoms with Gasteiger partial charge in [0.1, 0.15) is 0 Å². The van der Waals surface area contributed by atoms with Crippen LogP contribution in [0.15, 0.2) is 29.2 Å². The second-order valence-corrected chi connectivity index (χ2v) is 7.43. The van der Waals surface area contributed by atoms with Crippen LogP contribution in [0, 0.1) is 5.41 Å². The van der Waals surface area contributed by atoms with Crippen LogP contribution in [0.3, 0.4) is 0 Å². The predicted octanol–water partition coefficient (Wildman–Crippen LogP) is 1.87. The average Bonchev–Trinajstić information content (AvgIpc) is 2.35. The van der Waals surface area contributed by atoms with Crippen LogP contribution in [0.1, 0.15) is 31.7 Å². The molecule has 0 radical (unpaired) electrons. The molecule has 2 rings (SSSR count). The number of hydrogen-bond acceptors (Lipinski definition) is 3. The summed E-state index contributed by atoms with van der Waals surface area (Å²) >= 11 is 0. The molecule has 1 fully saturated rings. The molecular weight excluding hydrogens is 260 g/mol. The second kappa shape index (κ2) is 5.61. The highest BCUT2D eigenvalue weighted by Gasteiger charge is 2.33. The van der Waals surface area contributed by atoms with Crippen LogP contribution in [0.4, 0.5) is 0 Å².